The molecule has 0 atom stereocenters. The van der Waals surface area contributed by atoms with Gasteiger partial charge in [0.15, 0.2) is 0 Å². The zero-order valence-corrected chi connectivity index (χ0v) is 19.5. The van der Waals surface area contributed by atoms with Crippen LogP contribution in [-0.4, -0.2) is 71.7 Å². The van der Waals surface area contributed by atoms with Gasteiger partial charge in [-0.2, -0.15) is 0 Å². The molecular formula is C21H32B2N8. The van der Waals surface area contributed by atoms with Crippen LogP contribution in [0.4, 0.5) is 5.82 Å². The van der Waals surface area contributed by atoms with E-state index in [1.165, 1.54) is 13.2 Å². The minimum atomic E-state index is 0.963. The molecule has 0 aliphatic rings. The zero-order valence-electron chi connectivity index (χ0n) is 19.5. The summed E-state index contributed by atoms with van der Waals surface area (Å²) >= 11 is 0. The molecule has 4 aromatic rings. The summed E-state index contributed by atoms with van der Waals surface area (Å²) < 4.78 is 4.13. The molecule has 3 N–H and O–H groups in total. The molecule has 0 saturated carbocycles. The van der Waals surface area contributed by atoms with Crippen LogP contribution in [0.1, 0.15) is 17.1 Å². The lowest BCUT2D eigenvalue weighted by molar-refractivity contribution is 0.660. The zero-order chi connectivity index (χ0) is 23.0. The van der Waals surface area contributed by atoms with Gasteiger partial charge in [0, 0.05) is 18.1 Å². The quantitative estimate of drug-likeness (QED) is 0.495. The average molecular weight is 418 g/mol. The lowest BCUT2D eigenvalue weighted by Crippen LogP contribution is -2.25. The van der Waals surface area contributed by atoms with E-state index in [2.05, 4.69) is 32.6 Å². The maximum absolute atomic E-state index is 4.97. The van der Waals surface area contributed by atoms with Gasteiger partial charge in [0.05, 0.1) is 17.2 Å². The summed E-state index contributed by atoms with van der Waals surface area (Å²) in [7, 11) is 11.1. The number of aryl methyl sites for hydroxylation is 3. The number of nitrogens with zero attached hydrogens (tertiary/aromatic N) is 6. The van der Waals surface area contributed by atoms with E-state index < -0.39 is 0 Å². The summed E-state index contributed by atoms with van der Waals surface area (Å²) in [5, 5.41) is 3.22. The van der Waals surface area contributed by atoms with Crippen molar-refractivity contribution in [3.63, 3.8) is 0 Å². The Morgan fingerprint density at radius 1 is 0.806 bits per heavy atom. The Balaban J connectivity index is 0.000000187. The summed E-state index contributed by atoms with van der Waals surface area (Å²) in [5.74, 6) is 1.02. The lowest BCUT2D eigenvalue weighted by Gasteiger charge is -2.11. The molecule has 4 aromatic heterocycles. The third-order valence-electron chi connectivity index (χ3n) is 4.20. The number of nitrogens with two attached hydrogens (primary N) is 1. The smallest absolute Gasteiger partial charge is 0.350 e. The van der Waals surface area contributed by atoms with Gasteiger partial charge < -0.3 is 24.9 Å². The molecule has 0 saturated heterocycles. The molecular weight excluding hydrogens is 386 g/mol. The number of nitrogens with one attached hydrogen (secondary N) is 1. The molecule has 10 heteroatoms. The van der Waals surface area contributed by atoms with Gasteiger partial charge in [-0.15, -0.1) is 0 Å². The van der Waals surface area contributed by atoms with Crippen molar-refractivity contribution in [3.05, 3.63) is 65.9 Å². The molecule has 0 amide bonds. The van der Waals surface area contributed by atoms with Crippen LogP contribution >= 0.6 is 0 Å². The van der Waals surface area contributed by atoms with E-state index in [1.54, 1.807) is 4.81 Å². The van der Waals surface area contributed by atoms with E-state index in [-0.39, 0.29) is 0 Å². The van der Waals surface area contributed by atoms with Crippen LogP contribution in [0.2, 0.25) is 0 Å². The highest BCUT2D eigenvalue weighted by Gasteiger charge is 2.03. The van der Waals surface area contributed by atoms with Gasteiger partial charge in [0.1, 0.15) is 11.3 Å². The second-order valence-corrected chi connectivity index (χ2v) is 7.65. The Kier molecular flexibility index (Phi) is 9.11. The van der Waals surface area contributed by atoms with Crippen LogP contribution in [0.3, 0.4) is 0 Å². The van der Waals surface area contributed by atoms with Crippen molar-refractivity contribution in [2.45, 2.75) is 20.8 Å². The minimum Gasteiger partial charge on any atom is -0.403 e. The Morgan fingerprint density at radius 3 is 1.84 bits per heavy atom. The fraction of sp³-hybridized carbons (Fsp3) is 0.333. The van der Waals surface area contributed by atoms with Gasteiger partial charge in [0.2, 0.25) is 0 Å². The summed E-state index contributed by atoms with van der Waals surface area (Å²) in [6.07, 6.45) is 4.06. The number of rotatable bonds is 4. The van der Waals surface area contributed by atoms with Crippen molar-refractivity contribution in [1.82, 2.24) is 28.4 Å². The van der Waals surface area contributed by atoms with Crippen LogP contribution in [0.5, 0.6) is 0 Å². The highest BCUT2D eigenvalue weighted by atomic mass is 15.1. The molecule has 4 heterocycles. The summed E-state index contributed by atoms with van der Waals surface area (Å²) in [6, 6.07) is 12.1. The van der Waals surface area contributed by atoms with Crippen LogP contribution in [0.25, 0.3) is 11.3 Å². The predicted molar refractivity (Wildman–Crippen MR) is 131 cm³/mol. The first-order chi connectivity index (χ1) is 14.7. The molecule has 0 unspecified atom stereocenters. The standard InChI is InChI=1S/C10H14BN4.C9H10N2.C2H8BN2/c1-8-7-15-9(12-8)5-4-6-10(15)13-11-14(2)3;1-7-6-11-8(2)4-3-5-9(11)10-7;1-5(2)3-4/h4-7,13H,1-3H3;3-6H,1-2H3;4H2,1-2H3. The molecule has 0 fully saturated rings. The van der Waals surface area contributed by atoms with Gasteiger partial charge >= 0.3 is 15.1 Å². The molecule has 0 aromatic carbocycles. The first-order valence-electron chi connectivity index (χ1n) is 10.0. The average Bonchev–Trinajstić information content (AvgIpc) is 3.29. The van der Waals surface area contributed by atoms with Crippen LogP contribution in [0.15, 0.2) is 48.8 Å². The molecule has 31 heavy (non-hydrogen) atoms. The van der Waals surface area contributed by atoms with E-state index >= 15 is 0 Å². The maximum Gasteiger partial charge on any atom is 0.350 e. The third-order valence-corrected chi connectivity index (χ3v) is 4.20. The predicted octanol–water partition coefficient (Wildman–Crippen LogP) is 2.14. The van der Waals surface area contributed by atoms with E-state index in [0.717, 1.165) is 28.5 Å². The number of pyridine rings is 2. The monoisotopic (exact) mass is 418 g/mol. The normalized spacial score (nSPS) is 10.5. The maximum atomic E-state index is 4.97. The van der Waals surface area contributed by atoms with E-state index in [4.69, 9.17) is 5.64 Å². The SMILES string of the molecule is CN(C)[B]N.Cc1cn2c(C)cccc2n1.Cc1cn2c(N[B]N(C)C)cccc2n1. The summed E-state index contributed by atoms with van der Waals surface area (Å²) in [6.45, 7) is 6.08. The molecule has 8 nitrogen and oxygen atoms in total. The van der Waals surface area contributed by atoms with Crippen LogP contribution < -0.4 is 10.9 Å². The first-order valence-corrected chi connectivity index (χ1v) is 10.0. The number of aromatic nitrogens is 4. The molecule has 0 aliphatic carbocycles. The summed E-state index contributed by atoms with van der Waals surface area (Å²) in [5.41, 5.74) is 10.3. The van der Waals surface area contributed by atoms with Gasteiger partial charge in [-0.1, -0.05) is 12.1 Å². The summed E-state index contributed by atoms with van der Waals surface area (Å²) in [4.78, 5) is 12.5. The molecule has 2 radical (unpaired) electrons. The number of hydrogen-bond acceptors (Lipinski definition) is 6. The van der Waals surface area contributed by atoms with Crippen molar-refractivity contribution < 1.29 is 0 Å². The van der Waals surface area contributed by atoms with Crippen LogP contribution in [-0.2, 0) is 0 Å². The Hall–Kier alpha value is -2.81. The minimum absolute atomic E-state index is 0.963. The first kappa shape index (κ1) is 24.5. The highest BCUT2D eigenvalue weighted by molar-refractivity contribution is 6.36. The Bertz CT molecular complexity index is 1090. The van der Waals surface area contributed by atoms with E-state index in [1.807, 2.05) is 102 Å². The fourth-order valence-corrected chi connectivity index (χ4v) is 2.72. The second kappa shape index (κ2) is 11.5. The Labute approximate surface area is 186 Å². The van der Waals surface area contributed by atoms with Gasteiger partial charge in [-0.25, -0.2) is 9.97 Å². The topological polar surface area (TPSA) is 79.1 Å². The van der Waals surface area contributed by atoms with Gasteiger partial charge in [-0.05, 0) is 73.2 Å². The van der Waals surface area contributed by atoms with Gasteiger partial charge in [0.25, 0.3) is 0 Å². The van der Waals surface area contributed by atoms with Crippen molar-refractivity contribution in [3.8, 4) is 0 Å². The van der Waals surface area contributed by atoms with Crippen molar-refractivity contribution in [2.24, 2.45) is 5.64 Å². The number of hydrogen-bond donors (Lipinski definition) is 2. The van der Waals surface area contributed by atoms with Crippen molar-refractivity contribution in [2.75, 3.05) is 33.4 Å². The van der Waals surface area contributed by atoms with Gasteiger partial charge in [-0.3, -0.25) is 4.40 Å². The lowest BCUT2D eigenvalue weighted by atomic mass is 10.1. The van der Waals surface area contributed by atoms with Crippen molar-refractivity contribution in [1.29, 1.82) is 0 Å². The highest BCUT2D eigenvalue weighted by Crippen LogP contribution is 2.12. The molecule has 162 valence electrons. The molecule has 0 bridgehead atoms. The third kappa shape index (κ3) is 7.43. The molecule has 4 rings (SSSR count). The number of imidazole rings is 2. The molecule has 0 aliphatic heterocycles. The second-order valence-electron chi connectivity index (χ2n) is 7.65. The molecule has 0 spiro atoms. The Morgan fingerprint density at radius 2 is 1.32 bits per heavy atom. The number of anilines is 1. The van der Waals surface area contributed by atoms with E-state index in [0.29, 0.717) is 0 Å². The fourth-order valence-electron chi connectivity index (χ4n) is 2.72. The van der Waals surface area contributed by atoms with Crippen LogP contribution in [0, 0.1) is 20.8 Å². The number of fused-ring (bicyclic) bond motifs is 2. The van der Waals surface area contributed by atoms with E-state index in [9.17, 15) is 0 Å². The van der Waals surface area contributed by atoms with Crippen molar-refractivity contribution >= 4 is 32.2 Å². The largest absolute Gasteiger partial charge is 0.403 e.